The molecule has 0 spiro atoms. The predicted octanol–water partition coefficient (Wildman–Crippen LogP) is 2.41. The molecule has 0 bridgehead atoms. The van der Waals surface area contributed by atoms with Crippen LogP contribution < -0.4 is 10.9 Å². The number of aromatic nitrogens is 3. The number of anilines is 1. The molecule has 0 fully saturated rings. The zero-order valence-corrected chi connectivity index (χ0v) is 14.9. The van der Waals surface area contributed by atoms with Crippen molar-refractivity contribution in [2.24, 2.45) is 0 Å². The van der Waals surface area contributed by atoms with Crippen LogP contribution in [-0.4, -0.2) is 33.8 Å². The van der Waals surface area contributed by atoms with Gasteiger partial charge in [-0.25, -0.2) is 9.89 Å². The summed E-state index contributed by atoms with van der Waals surface area (Å²) < 4.78 is 6.08. The van der Waals surface area contributed by atoms with E-state index in [1.807, 2.05) is 0 Å². The van der Waals surface area contributed by atoms with E-state index in [4.69, 9.17) is 27.9 Å². The number of methoxy groups -OCH3 is 1. The molecule has 10 heteroatoms. The minimum Gasteiger partial charge on any atom is -0.465 e. The van der Waals surface area contributed by atoms with Gasteiger partial charge in [-0.15, -0.1) is 0 Å². The van der Waals surface area contributed by atoms with E-state index in [0.717, 1.165) is 0 Å². The van der Waals surface area contributed by atoms with E-state index in [-0.39, 0.29) is 29.1 Å². The average molecular weight is 395 g/mol. The first kappa shape index (κ1) is 18.0. The van der Waals surface area contributed by atoms with Gasteiger partial charge in [0.2, 0.25) is 5.91 Å². The van der Waals surface area contributed by atoms with Crippen molar-refractivity contribution in [3.8, 4) is 11.3 Å². The van der Waals surface area contributed by atoms with Gasteiger partial charge in [-0.2, -0.15) is 5.10 Å². The van der Waals surface area contributed by atoms with Crippen molar-refractivity contribution in [3.63, 3.8) is 0 Å². The van der Waals surface area contributed by atoms with Gasteiger partial charge in [0.05, 0.1) is 28.4 Å². The number of hydrogen-bond acceptors (Lipinski definition) is 5. The molecule has 0 aromatic heterocycles. The lowest BCUT2D eigenvalue weighted by atomic mass is 10.1. The van der Waals surface area contributed by atoms with Crippen LogP contribution in [-0.2, 0) is 16.1 Å². The van der Waals surface area contributed by atoms with Gasteiger partial charge < -0.3 is 14.6 Å². The van der Waals surface area contributed by atoms with E-state index in [1.54, 1.807) is 18.2 Å². The lowest BCUT2D eigenvalue weighted by molar-refractivity contribution is -0.116. The van der Waals surface area contributed by atoms with Gasteiger partial charge in [0, 0.05) is 12.4 Å². The number of aromatic amines is 1. The molecule has 8 nitrogen and oxygen atoms in total. The first-order chi connectivity index (χ1) is 12.4. The zero-order valence-electron chi connectivity index (χ0n) is 13.4. The summed E-state index contributed by atoms with van der Waals surface area (Å²) in [6.45, 7) is -0.188. The second-order valence-electron chi connectivity index (χ2n) is 5.30. The number of H-pyrrole nitrogens is 1. The number of fused-ring (bicyclic) bond motifs is 1. The summed E-state index contributed by atoms with van der Waals surface area (Å²) in [6.07, 6.45) is 2.80. The molecule has 26 heavy (non-hydrogen) atoms. The van der Waals surface area contributed by atoms with Crippen LogP contribution in [0.2, 0.25) is 10.0 Å². The van der Waals surface area contributed by atoms with Gasteiger partial charge in [0.25, 0.3) is 5.56 Å². The quantitative estimate of drug-likeness (QED) is 0.660. The second kappa shape index (κ2) is 7.19. The van der Waals surface area contributed by atoms with Crippen LogP contribution in [0.5, 0.6) is 0 Å². The molecule has 3 rings (SSSR count). The van der Waals surface area contributed by atoms with Gasteiger partial charge in [-0.1, -0.05) is 29.3 Å². The Morgan fingerprint density at radius 2 is 1.96 bits per heavy atom. The highest BCUT2D eigenvalue weighted by Crippen LogP contribution is 2.29. The van der Waals surface area contributed by atoms with Crippen molar-refractivity contribution in [3.05, 3.63) is 56.6 Å². The van der Waals surface area contributed by atoms with Crippen molar-refractivity contribution < 1.29 is 14.3 Å². The molecule has 1 aromatic rings. The van der Waals surface area contributed by atoms with Gasteiger partial charge in [-0.3, -0.25) is 9.59 Å². The van der Waals surface area contributed by atoms with Crippen molar-refractivity contribution in [2.45, 2.75) is 6.54 Å². The summed E-state index contributed by atoms with van der Waals surface area (Å²) >= 11 is 12.1. The van der Waals surface area contributed by atoms with Crippen LogP contribution in [0.1, 0.15) is 10.4 Å². The number of amides is 1. The average Bonchev–Trinajstić information content (AvgIpc) is 2.98. The molecule has 2 heterocycles. The molecule has 0 atom stereocenters. The molecule has 0 saturated heterocycles. The number of ether oxygens (including phenoxy) is 1. The molecule has 0 unspecified atom stereocenters. The van der Waals surface area contributed by atoms with Crippen LogP contribution in [0, 0.1) is 0 Å². The Labute approximate surface area is 157 Å². The summed E-state index contributed by atoms with van der Waals surface area (Å²) in [6, 6.07) is 4.83. The number of nitrogens with zero attached hydrogens (tertiary/aromatic N) is 2. The lowest BCUT2D eigenvalue weighted by Gasteiger charge is -2.13. The van der Waals surface area contributed by atoms with E-state index < -0.39 is 17.4 Å². The fourth-order valence-corrected chi connectivity index (χ4v) is 2.89. The first-order valence-electron chi connectivity index (χ1n) is 7.31. The number of halogens is 2. The Morgan fingerprint density at radius 3 is 2.62 bits per heavy atom. The summed E-state index contributed by atoms with van der Waals surface area (Å²) in [4.78, 5) is 36.1. The Hall–Kier alpha value is -2.84. The number of rotatable bonds is 4. The number of pyridine rings is 1. The third-order valence-electron chi connectivity index (χ3n) is 3.57. The highest BCUT2D eigenvalue weighted by molar-refractivity contribution is 6.39. The van der Waals surface area contributed by atoms with E-state index >= 15 is 0 Å². The normalized spacial score (nSPS) is 10.7. The predicted molar refractivity (Wildman–Crippen MR) is 95.9 cm³/mol. The molecule has 0 aliphatic carbocycles. The molecular formula is C16H12Cl2N4O4. The number of esters is 1. The number of para-hydroxylation sites is 1. The maximum atomic E-state index is 12.3. The maximum absolute atomic E-state index is 12.3. The van der Waals surface area contributed by atoms with Crippen LogP contribution in [0.4, 0.5) is 5.69 Å². The third-order valence-corrected chi connectivity index (χ3v) is 4.20. The summed E-state index contributed by atoms with van der Waals surface area (Å²) in [5.74, 6) is -1.12. The monoisotopic (exact) mass is 394 g/mol. The molecule has 2 N–H and O–H groups in total. The minimum atomic E-state index is -0.676. The SMILES string of the molecule is COC(=O)c1cn(CC(=O)Nc2c(Cl)cccc2Cl)cc2c(=O)[nH]nc1-2. The van der Waals surface area contributed by atoms with Crippen molar-refractivity contribution in [2.75, 3.05) is 12.4 Å². The van der Waals surface area contributed by atoms with Crippen molar-refractivity contribution in [1.29, 1.82) is 0 Å². The summed E-state index contributed by atoms with van der Waals surface area (Å²) in [5.41, 5.74) is 0.202. The molecule has 2 aliphatic heterocycles. The van der Waals surface area contributed by atoms with Gasteiger partial charge in [0.15, 0.2) is 0 Å². The molecule has 0 saturated carbocycles. The van der Waals surface area contributed by atoms with E-state index in [0.29, 0.717) is 10.0 Å². The first-order valence-corrected chi connectivity index (χ1v) is 8.06. The molecule has 1 amide bonds. The largest absolute Gasteiger partial charge is 0.465 e. The smallest absolute Gasteiger partial charge is 0.341 e. The van der Waals surface area contributed by atoms with Gasteiger partial charge in [-0.05, 0) is 12.1 Å². The standard InChI is InChI=1S/C16H12Cl2N4O4/c1-26-16(25)9-6-22(5-8-13(9)20-21-15(8)24)7-12(23)19-14-10(17)3-2-4-11(14)18/h2-6H,7H2,1H3,(H,19,23)(H,21,24). The Kier molecular flexibility index (Phi) is 4.97. The Morgan fingerprint density at radius 1 is 1.27 bits per heavy atom. The van der Waals surface area contributed by atoms with Crippen LogP contribution in [0.3, 0.4) is 0 Å². The van der Waals surface area contributed by atoms with Crippen molar-refractivity contribution in [1.82, 2.24) is 14.8 Å². The highest BCUT2D eigenvalue weighted by Gasteiger charge is 2.22. The van der Waals surface area contributed by atoms with Gasteiger partial charge in [0.1, 0.15) is 17.8 Å². The number of carbonyl (C=O) groups is 2. The van der Waals surface area contributed by atoms with E-state index in [2.05, 4.69) is 15.5 Å². The molecule has 2 aliphatic rings. The molecular weight excluding hydrogens is 383 g/mol. The fourth-order valence-electron chi connectivity index (χ4n) is 2.40. The highest BCUT2D eigenvalue weighted by atomic mass is 35.5. The second-order valence-corrected chi connectivity index (χ2v) is 6.11. The molecule has 134 valence electrons. The number of benzene rings is 1. The Bertz CT molecular complexity index is 1010. The van der Waals surface area contributed by atoms with Crippen molar-refractivity contribution >= 4 is 40.8 Å². The van der Waals surface area contributed by atoms with Crippen LogP contribution in [0.15, 0.2) is 35.4 Å². The topological polar surface area (TPSA) is 106 Å². The van der Waals surface area contributed by atoms with E-state index in [1.165, 1.54) is 24.1 Å². The molecule has 1 aromatic carbocycles. The zero-order chi connectivity index (χ0) is 18.8. The number of carbonyl (C=O) groups excluding carboxylic acids is 2. The number of hydrogen-bond donors (Lipinski definition) is 2. The maximum Gasteiger partial charge on any atom is 0.341 e. The third kappa shape index (κ3) is 3.42. The Balaban J connectivity index is 1.92. The summed E-state index contributed by atoms with van der Waals surface area (Å²) in [5, 5.41) is 9.27. The minimum absolute atomic E-state index is 0.0620. The van der Waals surface area contributed by atoms with Crippen LogP contribution in [0.25, 0.3) is 11.3 Å². The van der Waals surface area contributed by atoms with E-state index in [9.17, 15) is 14.4 Å². The number of nitrogens with one attached hydrogen (secondary N) is 2. The lowest BCUT2D eigenvalue weighted by Crippen LogP contribution is -2.21. The molecule has 0 radical (unpaired) electrons. The van der Waals surface area contributed by atoms with Gasteiger partial charge >= 0.3 is 5.97 Å². The summed E-state index contributed by atoms with van der Waals surface area (Å²) in [7, 11) is 1.21. The fraction of sp³-hybridized carbons (Fsp3) is 0.125. The van der Waals surface area contributed by atoms with Crippen LogP contribution >= 0.6 is 23.2 Å².